The van der Waals surface area contributed by atoms with Crippen molar-refractivity contribution < 1.29 is 19.4 Å². The van der Waals surface area contributed by atoms with Gasteiger partial charge in [0.1, 0.15) is 17.1 Å². The smallest absolute Gasteiger partial charge is 0.306 e. The zero-order valence-corrected chi connectivity index (χ0v) is 19.6. The number of H-pyrrole nitrogens is 2. The van der Waals surface area contributed by atoms with E-state index in [1.807, 2.05) is 12.1 Å². The zero-order valence-electron chi connectivity index (χ0n) is 18.8. The fourth-order valence-corrected chi connectivity index (χ4v) is 4.50. The van der Waals surface area contributed by atoms with Crippen molar-refractivity contribution in [2.75, 3.05) is 7.11 Å². The molecule has 1 aromatic heterocycles. The summed E-state index contributed by atoms with van der Waals surface area (Å²) in [6.45, 7) is 4.16. The van der Waals surface area contributed by atoms with Crippen molar-refractivity contribution in [3.63, 3.8) is 0 Å². The number of ether oxygens (including phenoxy) is 2. The Morgan fingerprint density at radius 2 is 2.03 bits per heavy atom. The second-order valence-corrected chi connectivity index (χ2v) is 9.40. The molecule has 0 saturated carbocycles. The van der Waals surface area contributed by atoms with E-state index in [9.17, 15) is 14.7 Å². The van der Waals surface area contributed by atoms with Gasteiger partial charge in [-0.05, 0) is 61.6 Å². The van der Waals surface area contributed by atoms with E-state index in [1.54, 1.807) is 12.1 Å². The molecule has 8 heteroatoms. The number of phenols is 1. The maximum absolute atomic E-state index is 12.8. The first kappa shape index (κ1) is 23.0. The minimum atomic E-state index is -0.595. The molecule has 4 rings (SSSR count). The van der Waals surface area contributed by atoms with Gasteiger partial charge in [0.15, 0.2) is 0 Å². The molecular weight excluding hydrogens is 444 g/mol. The van der Waals surface area contributed by atoms with Gasteiger partial charge in [-0.25, -0.2) is 0 Å². The number of aromatic hydroxyl groups is 1. The number of carbonyl (C=O) groups excluding carboxylic acids is 1. The molecule has 0 aliphatic carbocycles. The summed E-state index contributed by atoms with van der Waals surface area (Å²) in [4.78, 5) is 25.0. The number of halogens is 1. The lowest BCUT2D eigenvalue weighted by molar-refractivity contribution is -0.140. The summed E-state index contributed by atoms with van der Waals surface area (Å²) in [5.74, 6) is -0.230. The molecule has 0 fully saturated rings. The monoisotopic (exact) mass is 470 g/mol. The number of hydrogen-bond acceptors (Lipinski definition) is 5. The predicted molar refractivity (Wildman–Crippen MR) is 125 cm³/mol. The summed E-state index contributed by atoms with van der Waals surface area (Å²) in [5, 5.41) is 15.6. The summed E-state index contributed by atoms with van der Waals surface area (Å²) in [6.07, 6.45) is 2.27. The third-order valence-corrected chi connectivity index (χ3v) is 6.41. The lowest BCUT2D eigenvalue weighted by atomic mass is 9.87. The quantitative estimate of drug-likeness (QED) is 0.461. The number of carbonyl (C=O) groups is 1. The van der Waals surface area contributed by atoms with Crippen LogP contribution >= 0.6 is 11.6 Å². The second kappa shape index (κ2) is 8.98. The molecule has 7 nitrogen and oxygen atoms in total. The normalized spacial score (nSPS) is 15.4. The van der Waals surface area contributed by atoms with Crippen molar-refractivity contribution in [1.29, 1.82) is 0 Å². The molecule has 0 saturated heterocycles. The molecule has 3 N–H and O–H groups in total. The first-order valence-corrected chi connectivity index (χ1v) is 11.2. The molecule has 174 valence electrons. The van der Waals surface area contributed by atoms with Gasteiger partial charge < -0.3 is 19.7 Å². The molecule has 3 aromatic rings. The van der Waals surface area contributed by atoms with Crippen molar-refractivity contribution in [3.05, 3.63) is 79.7 Å². The highest BCUT2D eigenvalue weighted by atomic mass is 35.5. The van der Waals surface area contributed by atoms with Crippen molar-refractivity contribution in [3.8, 4) is 11.5 Å². The molecule has 1 atom stereocenters. The Labute approximate surface area is 196 Å². The van der Waals surface area contributed by atoms with E-state index in [0.717, 1.165) is 29.7 Å². The summed E-state index contributed by atoms with van der Waals surface area (Å²) in [7, 11) is 1.31. The SMILES string of the molecule is COC(=O)C[C@H](c1ccc(O)c(Cl)c1)c1c(Cc2ccc3c(c2)CCC(C)(C)O3)[nH][nH]c1=O. The Morgan fingerprint density at radius 3 is 2.76 bits per heavy atom. The van der Waals surface area contributed by atoms with Crippen LogP contribution in [0.3, 0.4) is 0 Å². The van der Waals surface area contributed by atoms with Gasteiger partial charge in [0.2, 0.25) is 0 Å². The molecule has 0 spiro atoms. The first-order chi connectivity index (χ1) is 15.7. The van der Waals surface area contributed by atoms with E-state index in [-0.39, 0.29) is 28.4 Å². The largest absolute Gasteiger partial charge is 0.506 e. The Bertz CT molecular complexity index is 1240. The number of benzene rings is 2. The topological polar surface area (TPSA) is 104 Å². The lowest BCUT2D eigenvalue weighted by Gasteiger charge is -2.32. The Kier molecular flexibility index (Phi) is 6.26. The highest BCUT2D eigenvalue weighted by molar-refractivity contribution is 6.32. The van der Waals surface area contributed by atoms with Crippen LogP contribution in [0.2, 0.25) is 5.02 Å². The molecule has 0 bridgehead atoms. The van der Waals surface area contributed by atoms with Crippen LogP contribution in [0.25, 0.3) is 0 Å². The fraction of sp³-hybridized carbons (Fsp3) is 0.360. The number of hydrogen-bond donors (Lipinski definition) is 3. The third-order valence-electron chi connectivity index (χ3n) is 6.11. The number of nitrogens with one attached hydrogen (secondary N) is 2. The number of rotatable bonds is 6. The minimum absolute atomic E-state index is 0.0430. The zero-order chi connectivity index (χ0) is 23.8. The number of aromatic amines is 2. The van der Waals surface area contributed by atoms with Crippen LogP contribution in [0, 0.1) is 0 Å². The summed E-state index contributed by atoms with van der Waals surface area (Å²) < 4.78 is 11.0. The standard InChI is InChI=1S/C25H27ClN2O5/c1-25(2)9-8-16-10-14(4-7-21(16)33-25)11-19-23(24(31)28-27-19)17(13-22(30)32-3)15-5-6-20(29)18(26)12-15/h4-7,10,12,17,29H,8-9,11,13H2,1-3H3,(H2,27,28,31)/t17-/m1/s1. The molecular formula is C25H27ClN2O5. The average Bonchev–Trinajstić information content (AvgIpc) is 3.13. The molecule has 1 aliphatic heterocycles. The summed E-state index contributed by atoms with van der Waals surface area (Å²) in [6, 6.07) is 10.7. The van der Waals surface area contributed by atoms with Gasteiger partial charge in [-0.1, -0.05) is 29.8 Å². The molecule has 33 heavy (non-hydrogen) atoms. The average molecular weight is 471 g/mol. The highest BCUT2D eigenvalue weighted by Crippen LogP contribution is 2.36. The molecule has 1 aliphatic rings. The second-order valence-electron chi connectivity index (χ2n) is 9.00. The summed E-state index contributed by atoms with van der Waals surface area (Å²) in [5.41, 5.74) is 3.42. The van der Waals surface area contributed by atoms with E-state index in [2.05, 4.69) is 30.1 Å². The van der Waals surface area contributed by atoms with Gasteiger partial charge in [0, 0.05) is 23.6 Å². The maximum atomic E-state index is 12.8. The van der Waals surface area contributed by atoms with Crippen molar-refractivity contribution in [2.45, 2.75) is 51.0 Å². The Balaban J connectivity index is 1.70. The van der Waals surface area contributed by atoms with Crippen LogP contribution in [0.4, 0.5) is 0 Å². The number of esters is 1. The van der Waals surface area contributed by atoms with Crippen molar-refractivity contribution in [1.82, 2.24) is 10.2 Å². The number of methoxy groups -OCH3 is 1. The molecule has 0 unspecified atom stereocenters. The Morgan fingerprint density at radius 1 is 1.24 bits per heavy atom. The van der Waals surface area contributed by atoms with E-state index >= 15 is 0 Å². The van der Waals surface area contributed by atoms with Crippen LogP contribution in [0.5, 0.6) is 11.5 Å². The third kappa shape index (κ3) is 4.93. The number of aryl methyl sites for hydroxylation is 1. The van der Waals surface area contributed by atoms with Crippen LogP contribution in [-0.4, -0.2) is 34.0 Å². The van der Waals surface area contributed by atoms with Gasteiger partial charge in [0.05, 0.1) is 18.6 Å². The molecule has 0 amide bonds. The minimum Gasteiger partial charge on any atom is -0.506 e. The van der Waals surface area contributed by atoms with E-state index in [1.165, 1.54) is 13.2 Å². The molecule has 2 aromatic carbocycles. The first-order valence-electron chi connectivity index (χ1n) is 10.8. The Hall–Kier alpha value is -3.19. The number of phenolic OH excluding ortho intramolecular Hbond substituents is 1. The predicted octanol–water partition coefficient (Wildman–Crippen LogP) is 4.45. The number of fused-ring (bicyclic) bond motifs is 1. The van der Waals surface area contributed by atoms with Crippen LogP contribution < -0.4 is 10.3 Å². The van der Waals surface area contributed by atoms with E-state index in [0.29, 0.717) is 23.2 Å². The molecule has 2 heterocycles. The van der Waals surface area contributed by atoms with Gasteiger partial charge in [-0.3, -0.25) is 14.7 Å². The highest BCUT2D eigenvalue weighted by Gasteiger charge is 2.28. The van der Waals surface area contributed by atoms with Gasteiger partial charge in [0.25, 0.3) is 5.56 Å². The molecule has 0 radical (unpaired) electrons. The maximum Gasteiger partial charge on any atom is 0.306 e. The van der Waals surface area contributed by atoms with Gasteiger partial charge in [-0.2, -0.15) is 0 Å². The summed E-state index contributed by atoms with van der Waals surface area (Å²) >= 11 is 6.11. The number of aromatic nitrogens is 2. The van der Waals surface area contributed by atoms with Crippen LogP contribution in [0.1, 0.15) is 60.6 Å². The van der Waals surface area contributed by atoms with Crippen molar-refractivity contribution in [2.24, 2.45) is 0 Å². The van der Waals surface area contributed by atoms with Gasteiger partial charge >= 0.3 is 5.97 Å². The van der Waals surface area contributed by atoms with Crippen LogP contribution in [0.15, 0.2) is 41.2 Å². The van der Waals surface area contributed by atoms with Gasteiger partial charge in [-0.15, -0.1) is 0 Å². The van der Waals surface area contributed by atoms with Crippen molar-refractivity contribution >= 4 is 17.6 Å². The van der Waals surface area contributed by atoms with E-state index in [4.69, 9.17) is 21.1 Å². The lowest BCUT2D eigenvalue weighted by Crippen LogP contribution is -2.32. The van der Waals surface area contributed by atoms with E-state index < -0.39 is 11.9 Å². The van der Waals surface area contributed by atoms with Crippen LogP contribution in [-0.2, 0) is 22.4 Å². The fourth-order valence-electron chi connectivity index (χ4n) is 4.31.